The van der Waals surface area contributed by atoms with Crippen molar-refractivity contribution in [2.24, 2.45) is 5.84 Å². The zero-order valence-electron chi connectivity index (χ0n) is 12.7. The van der Waals surface area contributed by atoms with Crippen LogP contribution in [0.15, 0.2) is 33.6 Å². The van der Waals surface area contributed by atoms with Gasteiger partial charge in [-0.15, -0.1) is 11.8 Å². The van der Waals surface area contributed by atoms with Gasteiger partial charge in [-0.05, 0) is 31.2 Å². The van der Waals surface area contributed by atoms with Gasteiger partial charge in [0, 0.05) is 33.1 Å². The lowest BCUT2D eigenvalue weighted by Gasteiger charge is -2.16. The number of hydrazine groups is 1. The topological polar surface area (TPSA) is 97.1 Å². The second-order valence-corrected chi connectivity index (χ2v) is 6.97. The van der Waals surface area contributed by atoms with Crippen LogP contribution in [0.1, 0.15) is 12.6 Å². The molecule has 0 saturated carbocycles. The highest BCUT2D eigenvalue weighted by Crippen LogP contribution is 2.30. The minimum absolute atomic E-state index is 0.280. The van der Waals surface area contributed by atoms with Crippen LogP contribution in [0.4, 0.5) is 0 Å². The number of hydrogen-bond acceptors (Lipinski definition) is 5. The molecule has 4 N–H and O–H groups in total. The van der Waals surface area contributed by atoms with Crippen molar-refractivity contribution in [3.05, 3.63) is 34.4 Å². The van der Waals surface area contributed by atoms with E-state index in [-0.39, 0.29) is 5.91 Å². The Balaban J connectivity index is 2.27. The molecule has 6 nitrogen and oxygen atoms in total. The number of nitrogens with one attached hydrogen (secondary N) is 2. The van der Waals surface area contributed by atoms with Crippen LogP contribution < -0.4 is 16.6 Å². The van der Waals surface area contributed by atoms with Crippen molar-refractivity contribution in [1.29, 1.82) is 0 Å². The minimum Gasteiger partial charge on any atom is -0.344 e. The fraction of sp³-hybridized carbons (Fsp3) is 0.267. The summed E-state index contributed by atoms with van der Waals surface area (Å²) in [5.74, 6) is 4.84. The van der Waals surface area contributed by atoms with Gasteiger partial charge in [0.05, 0.1) is 5.52 Å². The first-order valence-electron chi connectivity index (χ1n) is 6.88. The Hall–Kier alpha value is -1.64. The van der Waals surface area contributed by atoms with Crippen LogP contribution in [0, 0.1) is 6.92 Å². The third-order valence-corrected chi connectivity index (χ3v) is 4.74. The lowest BCUT2D eigenvalue weighted by atomic mass is 10.2. The van der Waals surface area contributed by atoms with Crippen molar-refractivity contribution in [3.8, 4) is 0 Å². The Kier molecular flexibility index (Phi) is 5.97. The molecule has 0 bridgehead atoms. The minimum atomic E-state index is -0.696. The molecular weight excluding hydrogens is 380 g/mol. The number of benzene rings is 1. The number of aryl methyl sites for hydroxylation is 1. The normalized spacial score (nSPS) is 12.0. The molecule has 0 fully saturated rings. The molecule has 1 heterocycles. The molecule has 2 aromatic rings. The van der Waals surface area contributed by atoms with E-state index in [1.807, 2.05) is 31.2 Å². The first-order valence-corrected chi connectivity index (χ1v) is 8.66. The van der Waals surface area contributed by atoms with Gasteiger partial charge in [0.1, 0.15) is 6.04 Å². The average molecular weight is 397 g/mol. The zero-order chi connectivity index (χ0) is 17.0. The molecule has 23 heavy (non-hydrogen) atoms. The SMILES string of the molecule is CC(=O)N[C@H](CSc1cc(C)nc2ccc(Br)cc12)C(=O)NN. The van der Waals surface area contributed by atoms with Gasteiger partial charge in [-0.1, -0.05) is 15.9 Å². The van der Waals surface area contributed by atoms with Gasteiger partial charge in [-0.2, -0.15) is 0 Å². The van der Waals surface area contributed by atoms with E-state index >= 15 is 0 Å². The van der Waals surface area contributed by atoms with E-state index in [0.717, 1.165) is 26.0 Å². The van der Waals surface area contributed by atoms with Crippen LogP contribution in [0.25, 0.3) is 10.9 Å². The van der Waals surface area contributed by atoms with E-state index in [0.29, 0.717) is 5.75 Å². The second-order valence-electron chi connectivity index (χ2n) is 5.00. The van der Waals surface area contributed by atoms with Crippen LogP contribution >= 0.6 is 27.7 Å². The quantitative estimate of drug-likeness (QED) is 0.310. The first kappa shape index (κ1) is 17.7. The Morgan fingerprint density at radius 3 is 2.78 bits per heavy atom. The second kappa shape index (κ2) is 7.76. The third kappa shape index (κ3) is 4.66. The summed E-state index contributed by atoms with van der Waals surface area (Å²) < 4.78 is 0.954. The molecule has 122 valence electrons. The number of aromatic nitrogens is 1. The molecule has 0 spiro atoms. The molecule has 0 aliphatic heterocycles. The van der Waals surface area contributed by atoms with Gasteiger partial charge in [-0.3, -0.25) is 20.0 Å². The summed E-state index contributed by atoms with van der Waals surface area (Å²) in [4.78, 5) is 28.5. The van der Waals surface area contributed by atoms with Crippen molar-refractivity contribution in [3.63, 3.8) is 0 Å². The summed E-state index contributed by atoms with van der Waals surface area (Å²) in [7, 11) is 0. The van der Waals surface area contributed by atoms with Gasteiger partial charge < -0.3 is 5.32 Å². The molecule has 1 atom stereocenters. The largest absolute Gasteiger partial charge is 0.344 e. The Morgan fingerprint density at radius 1 is 1.39 bits per heavy atom. The van der Waals surface area contributed by atoms with E-state index in [2.05, 4.69) is 31.7 Å². The van der Waals surface area contributed by atoms with E-state index < -0.39 is 11.9 Å². The van der Waals surface area contributed by atoms with Crippen molar-refractivity contribution in [1.82, 2.24) is 15.7 Å². The highest BCUT2D eigenvalue weighted by Gasteiger charge is 2.19. The molecule has 0 unspecified atom stereocenters. The summed E-state index contributed by atoms with van der Waals surface area (Å²) in [6.07, 6.45) is 0. The monoisotopic (exact) mass is 396 g/mol. The number of amides is 2. The van der Waals surface area contributed by atoms with E-state index in [4.69, 9.17) is 5.84 Å². The van der Waals surface area contributed by atoms with Crippen molar-refractivity contribution < 1.29 is 9.59 Å². The number of fused-ring (bicyclic) bond motifs is 1. The molecule has 0 aliphatic rings. The highest BCUT2D eigenvalue weighted by atomic mass is 79.9. The van der Waals surface area contributed by atoms with Crippen LogP contribution in [-0.4, -0.2) is 28.6 Å². The molecule has 1 aromatic carbocycles. The van der Waals surface area contributed by atoms with Gasteiger partial charge in [-0.25, -0.2) is 5.84 Å². The number of hydrogen-bond donors (Lipinski definition) is 3. The van der Waals surface area contributed by atoms with Gasteiger partial charge in [0.15, 0.2) is 0 Å². The standard InChI is InChI=1S/C15H17BrN4O2S/c1-8-5-14(11-6-10(16)3-4-12(11)18-8)23-7-13(15(22)20-17)19-9(2)21/h3-6,13H,7,17H2,1-2H3,(H,19,21)(H,20,22)/t13-/m1/s1. The number of halogens is 1. The molecule has 2 rings (SSSR count). The molecule has 2 amide bonds. The van der Waals surface area contributed by atoms with E-state index in [9.17, 15) is 9.59 Å². The van der Waals surface area contributed by atoms with Gasteiger partial charge >= 0.3 is 0 Å². The predicted molar refractivity (Wildman–Crippen MR) is 94.8 cm³/mol. The summed E-state index contributed by atoms with van der Waals surface area (Å²) in [5.41, 5.74) is 3.85. The summed E-state index contributed by atoms with van der Waals surface area (Å²) in [5, 5.41) is 3.59. The Morgan fingerprint density at radius 2 is 2.13 bits per heavy atom. The maximum absolute atomic E-state index is 11.8. The Bertz CT molecular complexity index is 754. The van der Waals surface area contributed by atoms with Crippen molar-refractivity contribution >= 4 is 50.4 Å². The smallest absolute Gasteiger partial charge is 0.257 e. The van der Waals surface area contributed by atoms with Gasteiger partial charge in [0.25, 0.3) is 5.91 Å². The van der Waals surface area contributed by atoms with Crippen molar-refractivity contribution in [2.75, 3.05) is 5.75 Å². The fourth-order valence-corrected chi connectivity index (χ4v) is 3.63. The molecule has 1 aromatic heterocycles. The number of rotatable bonds is 5. The number of carbonyl (C=O) groups excluding carboxylic acids is 2. The molecule has 8 heteroatoms. The zero-order valence-corrected chi connectivity index (χ0v) is 15.1. The molecule has 0 radical (unpaired) electrons. The van der Waals surface area contributed by atoms with E-state index in [1.165, 1.54) is 18.7 Å². The number of pyridine rings is 1. The maximum Gasteiger partial charge on any atom is 0.257 e. The molecular formula is C15H17BrN4O2S. The Labute approximate surface area is 146 Å². The van der Waals surface area contributed by atoms with E-state index in [1.54, 1.807) is 0 Å². The maximum atomic E-state index is 11.8. The van der Waals surface area contributed by atoms with Crippen molar-refractivity contribution in [2.45, 2.75) is 24.8 Å². The van der Waals surface area contributed by atoms with Gasteiger partial charge in [0.2, 0.25) is 5.91 Å². The first-order chi connectivity index (χ1) is 10.9. The highest BCUT2D eigenvalue weighted by molar-refractivity contribution is 9.10. The number of thioether (sulfide) groups is 1. The third-order valence-electron chi connectivity index (χ3n) is 3.10. The van der Waals surface area contributed by atoms with Crippen LogP contribution in [-0.2, 0) is 9.59 Å². The molecule has 0 aliphatic carbocycles. The summed E-state index contributed by atoms with van der Waals surface area (Å²) in [6.45, 7) is 3.29. The lowest BCUT2D eigenvalue weighted by molar-refractivity contribution is -0.127. The number of carbonyl (C=O) groups is 2. The fourth-order valence-electron chi connectivity index (χ4n) is 2.11. The predicted octanol–water partition coefficient (Wildman–Crippen LogP) is 1.89. The van der Waals surface area contributed by atoms with Crippen LogP contribution in [0.3, 0.4) is 0 Å². The summed E-state index contributed by atoms with van der Waals surface area (Å²) >= 11 is 4.93. The number of nitrogens with zero attached hydrogens (tertiary/aromatic N) is 1. The average Bonchev–Trinajstić information content (AvgIpc) is 2.50. The summed E-state index contributed by atoms with van der Waals surface area (Å²) in [6, 6.07) is 7.13. The molecule has 0 saturated heterocycles. The number of nitrogens with two attached hydrogens (primary N) is 1. The lowest BCUT2D eigenvalue weighted by Crippen LogP contribution is -2.49. The van der Waals surface area contributed by atoms with Crippen LogP contribution in [0.5, 0.6) is 0 Å². The van der Waals surface area contributed by atoms with Crippen LogP contribution in [0.2, 0.25) is 0 Å².